The minimum atomic E-state index is -0.762. The fraction of sp³-hybridized carbons (Fsp3) is 0.857. The Morgan fingerprint density at radius 1 is 1.22 bits per heavy atom. The number of carbonyl (C=O) groups is 2. The Morgan fingerprint density at radius 3 is 2.17 bits per heavy atom. The van der Waals surface area contributed by atoms with Gasteiger partial charge in [0.25, 0.3) is 0 Å². The maximum atomic E-state index is 12.6. The predicted molar refractivity (Wildman–Crippen MR) is 68.2 cm³/mol. The van der Waals surface area contributed by atoms with Crippen molar-refractivity contribution in [3.05, 3.63) is 0 Å². The SMILES string of the molecule is CCOC(=O)C(C(=O)C1(OC)CCCC1)C(C)C. The van der Waals surface area contributed by atoms with Crippen molar-refractivity contribution in [3.8, 4) is 0 Å². The zero-order valence-electron chi connectivity index (χ0n) is 11.8. The number of ether oxygens (including phenoxy) is 2. The lowest BCUT2D eigenvalue weighted by molar-refractivity contribution is -0.161. The molecule has 1 rings (SSSR count). The molecule has 1 atom stereocenters. The molecule has 104 valence electrons. The molecule has 0 heterocycles. The summed E-state index contributed by atoms with van der Waals surface area (Å²) in [4.78, 5) is 24.6. The van der Waals surface area contributed by atoms with E-state index in [4.69, 9.17) is 9.47 Å². The lowest BCUT2D eigenvalue weighted by Gasteiger charge is -2.30. The van der Waals surface area contributed by atoms with Gasteiger partial charge in [0.1, 0.15) is 11.5 Å². The van der Waals surface area contributed by atoms with Crippen molar-refractivity contribution in [2.45, 2.75) is 52.1 Å². The van der Waals surface area contributed by atoms with Gasteiger partial charge in [-0.1, -0.05) is 13.8 Å². The summed E-state index contributed by atoms with van der Waals surface area (Å²) in [6, 6.07) is 0. The highest BCUT2D eigenvalue weighted by atomic mass is 16.5. The largest absolute Gasteiger partial charge is 0.465 e. The van der Waals surface area contributed by atoms with E-state index in [1.807, 2.05) is 13.8 Å². The van der Waals surface area contributed by atoms with E-state index in [9.17, 15) is 9.59 Å². The van der Waals surface area contributed by atoms with Gasteiger partial charge in [-0.05, 0) is 38.5 Å². The van der Waals surface area contributed by atoms with Crippen LogP contribution in [-0.4, -0.2) is 31.1 Å². The number of ketones is 1. The summed E-state index contributed by atoms with van der Waals surface area (Å²) < 4.78 is 10.5. The second-order valence-electron chi connectivity index (χ2n) is 5.24. The number of hydrogen-bond acceptors (Lipinski definition) is 4. The molecule has 0 N–H and O–H groups in total. The van der Waals surface area contributed by atoms with E-state index in [0.717, 1.165) is 12.8 Å². The molecule has 0 aromatic rings. The summed E-state index contributed by atoms with van der Waals surface area (Å²) in [6.07, 6.45) is 3.39. The zero-order chi connectivity index (χ0) is 13.8. The minimum Gasteiger partial charge on any atom is -0.465 e. The molecule has 0 saturated heterocycles. The van der Waals surface area contributed by atoms with E-state index in [1.54, 1.807) is 14.0 Å². The van der Waals surface area contributed by atoms with Gasteiger partial charge < -0.3 is 9.47 Å². The van der Waals surface area contributed by atoms with Crippen LogP contribution in [0.15, 0.2) is 0 Å². The van der Waals surface area contributed by atoms with Crippen molar-refractivity contribution >= 4 is 11.8 Å². The maximum Gasteiger partial charge on any atom is 0.316 e. The van der Waals surface area contributed by atoms with E-state index in [-0.39, 0.29) is 11.7 Å². The van der Waals surface area contributed by atoms with Gasteiger partial charge in [0.15, 0.2) is 5.78 Å². The van der Waals surface area contributed by atoms with Crippen molar-refractivity contribution < 1.29 is 19.1 Å². The van der Waals surface area contributed by atoms with Gasteiger partial charge >= 0.3 is 5.97 Å². The lowest BCUT2D eigenvalue weighted by atomic mass is 9.81. The molecule has 4 nitrogen and oxygen atoms in total. The second-order valence-corrected chi connectivity index (χ2v) is 5.24. The summed E-state index contributed by atoms with van der Waals surface area (Å²) in [5, 5.41) is 0. The van der Waals surface area contributed by atoms with E-state index in [1.165, 1.54) is 0 Å². The Morgan fingerprint density at radius 2 is 1.78 bits per heavy atom. The first kappa shape index (κ1) is 15.2. The zero-order valence-corrected chi connectivity index (χ0v) is 11.8. The molecular formula is C14H24O4. The highest BCUT2D eigenvalue weighted by Crippen LogP contribution is 2.37. The maximum absolute atomic E-state index is 12.6. The van der Waals surface area contributed by atoms with Crippen molar-refractivity contribution in [1.82, 2.24) is 0 Å². The van der Waals surface area contributed by atoms with Crippen LogP contribution in [-0.2, 0) is 19.1 Å². The molecule has 0 aliphatic heterocycles. The summed E-state index contributed by atoms with van der Waals surface area (Å²) >= 11 is 0. The molecule has 1 saturated carbocycles. The number of esters is 1. The van der Waals surface area contributed by atoms with Crippen LogP contribution < -0.4 is 0 Å². The van der Waals surface area contributed by atoms with Gasteiger partial charge in [-0.25, -0.2) is 0 Å². The topological polar surface area (TPSA) is 52.6 Å². The van der Waals surface area contributed by atoms with Crippen molar-refractivity contribution in [1.29, 1.82) is 0 Å². The smallest absolute Gasteiger partial charge is 0.316 e. The molecule has 1 unspecified atom stereocenters. The monoisotopic (exact) mass is 256 g/mol. The Hall–Kier alpha value is -0.900. The first-order chi connectivity index (χ1) is 8.48. The Labute approximate surface area is 109 Å². The summed E-state index contributed by atoms with van der Waals surface area (Å²) in [6.45, 7) is 5.80. The van der Waals surface area contributed by atoms with E-state index >= 15 is 0 Å². The molecule has 1 aliphatic rings. The van der Waals surface area contributed by atoms with Crippen LogP contribution >= 0.6 is 0 Å². The van der Waals surface area contributed by atoms with E-state index < -0.39 is 17.5 Å². The first-order valence-electron chi connectivity index (χ1n) is 6.74. The molecule has 4 heteroatoms. The number of hydrogen-bond donors (Lipinski definition) is 0. The fourth-order valence-corrected chi connectivity index (χ4v) is 2.69. The molecule has 1 fully saturated rings. The fourth-order valence-electron chi connectivity index (χ4n) is 2.69. The Bertz CT molecular complexity index is 303. The van der Waals surface area contributed by atoms with E-state index in [0.29, 0.717) is 19.4 Å². The Kier molecular flexibility index (Phi) is 5.32. The van der Waals surface area contributed by atoms with Crippen LogP contribution in [0.2, 0.25) is 0 Å². The third kappa shape index (κ3) is 2.91. The van der Waals surface area contributed by atoms with Crippen molar-refractivity contribution in [2.75, 3.05) is 13.7 Å². The third-order valence-corrected chi connectivity index (χ3v) is 3.74. The molecule has 0 aromatic heterocycles. The number of carbonyl (C=O) groups excluding carboxylic acids is 2. The van der Waals surface area contributed by atoms with Crippen LogP contribution in [0.5, 0.6) is 0 Å². The quantitative estimate of drug-likeness (QED) is 0.540. The first-order valence-corrected chi connectivity index (χ1v) is 6.74. The van der Waals surface area contributed by atoms with Gasteiger partial charge in [0.2, 0.25) is 0 Å². The van der Waals surface area contributed by atoms with Crippen LogP contribution in [0.1, 0.15) is 46.5 Å². The summed E-state index contributed by atoms with van der Waals surface area (Å²) in [7, 11) is 1.56. The third-order valence-electron chi connectivity index (χ3n) is 3.74. The van der Waals surface area contributed by atoms with Crippen LogP contribution in [0.25, 0.3) is 0 Å². The van der Waals surface area contributed by atoms with Crippen molar-refractivity contribution in [2.24, 2.45) is 11.8 Å². The van der Waals surface area contributed by atoms with Gasteiger partial charge in [-0.2, -0.15) is 0 Å². The summed E-state index contributed by atoms with van der Waals surface area (Å²) in [5.41, 5.74) is -0.762. The minimum absolute atomic E-state index is 0.0656. The highest BCUT2D eigenvalue weighted by molar-refractivity contribution is 6.03. The number of rotatable bonds is 6. The Balaban J connectivity index is 2.91. The molecule has 0 aromatic carbocycles. The van der Waals surface area contributed by atoms with Crippen LogP contribution in [0.3, 0.4) is 0 Å². The second kappa shape index (κ2) is 6.32. The highest BCUT2D eigenvalue weighted by Gasteiger charge is 2.47. The standard InChI is InChI=1S/C14H24O4/c1-5-18-13(16)11(10(2)3)12(15)14(17-4)8-6-7-9-14/h10-11H,5-9H2,1-4H3. The molecule has 0 radical (unpaired) electrons. The van der Waals surface area contributed by atoms with E-state index in [2.05, 4.69) is 0 Å². The predicted octanol–water partition coefficient (Wildman–Crippen LogP) is 2.35. The summed E-state index contributed by atoms with van der Waals surface area (Å²) in [5.74, 6) is -1.29. The van der Waals surface area contributed by atoms with Crippen LogP contribution in [0.4, 0.5) is 0 Å². The van der Waals surface area contributed by atoms with Gasteiger partial charge in [-0.3, -0.25) is 9.59 Å². The van der Waals surface area contributed by atoms with Gasteiger partial charge in [0.05, 0.1) is 6.61 Å². The molecule has 18 heavy (non-hydrogen) atoms. The van der Waals surface area contributed by atoms with Crippen LogP contribution in [0, 0.1) is 11.8 Å². The molecule has 1 aliphatic carbocycles. The molecule has 0 spiro atoms. The molecular weight excluding hydrogens is 232 g/mol. The average Bonchev–Trinajstić information content (AvgIpc) is 2.78. The normalized spacial score (nSPS) is 19.8. The molecule has 0 bridgehead atoms. The average molecular weight is 256 g/mol. The van der Waals surface area contributed by atoms with Gasteiger partial charge in [0, 0.05) is 7.11 Å². The number of Topliss-reactive ketones (excluding diaryl/α,β-unsaturated/α-hetero) is 1. The number of methoxy groups -OCH3 is 1. The lowest BCUT2D eigenvalue weighted by Crippen LogP contribution is -2.46. The molecule has 0 amide bonds. The van der Waals surface area contributed by atoms with Gasteiger partial charge in [-0.15, -0.1) is 0 Å². The van der Waals surface area contributed by atoms with Crippen molar-refractivity contribution in [3.63, 3.8) is 0 Å².